The van der Waals surface area contributed by atoms with Gasteiger partial charge in [0.05, 0.1) is 11.0 Å². The molecule has 1 aromatic heterocycles. The second-order valence-electron chi connectivity index (χ2n) is 5.87. The van der Waals surface area contributed by atoms with Gasteiger partial charge in [0, 0.05) is 11.1 Å². The van der Waals surface area contributed by atoms with Crippen LogP contribution in [0.15, 0.2) is 83.6 Å². The highest BCUT2D eigenvalue weighted by atomic mass is 79.9. The molecule has 3 heteroatoms. The Morgan fingerprint density at radius 2 is 1.42 bits per heavy atom. The average Bonchev–Trinajstić information content (AvgIpc) is 2.98. The Morgan fingerprint density at radius 1 is 0.667 bits per heavy atom. The van der Waals surface area contributed by atoms with E-state index in [0.717, 1.165) is 21.5 Å². The summed E-state index contributed by atoms with van der Waals surface area (Å²) in [6.07, 6.45) is 0. The van der Waals surface area contributed by atoms with Gasteiger partial charge in [-0.25, -0.2) is 4.98 Å². The molecule has 0 fully saturated rings. The first-order chi connectivity index (χ1) is 11.8. The van der Waals surface area contributed by atoms with Crippen LogP contribution in [0.2, 0.25) is 0 Å². The summed E-state index contributed by atoms with van der Waals surface area (Å²) in [5, 5.41) is 4.94. The molecule has 1 heterocycles. The first-order valence-electron chi connectivity index (χ1n) is 7.87. The van der Waals surface area contributed by atoms with E-state index < -0.39 is 0 Å². The third-order valence-electron chi connectivity index (χ3n) is 4.52. The van der Waals surface area contributed by atoms with Crippen LogP contribution in [0, 0.1) is 0 Å². The SMILES string of the molecule is Brc1nc2c3ccc4ccccc4c3ccc2n1-c1ccccc1. The van der Waals surface area contributed by atoms with Gasteiger partial charge in [-0.15, -0.1) is 0 Å². The highest BCUT2D eigenvalue weighted by molar-refractivity contribution is 9.10. The standard InChI is InChI=1S/C21H13BrN2/c22-21-23-20-18-11-10-14-6-4-5-9-16(14)17(18)12-13-19(20)24(21)15-7-2-1-3-8-15/h1-13H. The van der Waals surface area contributed by atoms with Crippen molar-refractivity contribution in [2.24, 2.45) is 0 Å². The zero-order chi connectivity index (χ0) is 16.1. The van der Waals surface area contributed by atoms with Crippen molar-refractivity contribution >= 4 is 48.5 Å². The van der Waals surface area contributed by atoms with Crippen LogP contribution in [0.5, 0.6) is 0 Å². The van der Waals surface area contributed by atoms with E-state index in [2.05, 4.69) is 81.2 Å². The molecule has 0 unspecified atom stereocenters. The van der Waals surface area contributed by atoms with Gasteiger partial charge >= 0.3 is 0 Å². The predicted molar refractivity (Wildman–Crippen MR) is 104 cm³/mol. The van der Waals surface area contributed by atoms with Gasteiger partial charge in [-0.3, -0.25) is 4.57 Å². The van der Waals surface area contributed by atoms with E-state index in [1.54, 1.807) is 0 Å². The number of benzene rings is 4. The number of aromatic nitrogens is 2. The first-order valence-corrected chi connectivity index (χ1v) is 8.66. The highest BCUT2D eigenvalue weighted by Gasteiger charge is 2.13. The van der Waals surface area contributed by atoms with Gasteiger partial charge in [0.15, 0.2) is 4.73 Å². The molecule has 24 heavy (non-hydrogen) atoms. The maximum Gasteiger partial charge on any atom is 0.182 e. The molecule has 114 valence electrons. The van der Waals surface area contributed by atoms with Crippen molar-refractivity contribution in [3.8, 4) is 5.69 Å². The summed E-state index contributed by atoms with van der Waals surface area (Å²) in [6.45, 7) is 0. The third-order valence-corrected chi connectivity index (χ3v) is 5.05. The van der Waals surface area contributed by atoms with E-state index in [1.165, 1.54) is 21.5 Å². The van der Waals surface area contributed by atoms with Crippen molar-refractivity contribution in [3.63, 3.8) is 0 Å². The quantitative estimate of drug-likeness (QED) is 0.325. The van der Waals surface area contributed by atoms with Gasteiger partial charge in [0.2, 0.25) is 0 Å². The van der Waals surface area contributed by atoms with Crippen molar-refractivity contribution in [1.82, 2.24) is 9.55 Å². The molecule has 0 bridgehead atoms. The van der Waals surface area contributed by atoms with Crippen LogP contribution in [-0.4, -0.2) is 9.55 Å². The molecule has 0 spiro atoms. The molecule has 0 saturated heterocycles. The minimum Gasteiger partial charge on any atom is -0.287 e. The van der Waals surface area contributed by atoms with Gasteiger partial charge in [-0.05, 0) is 50.3 Å². The summed E-state index contributed by atoms with van der Waals surface area (Å²) in [5.41, 5.74) is 3.23. The van der Waals surface area contributed by atoms with Gasteiger partial charge in [-0.1, -0.05) is 60.7 Å². The number of para-hydroxylation sites is 1. The lowest BCUT2D eigenvalue weighted by Crippen LogP contribution is -1.93. The number of rotatable bonds is 1. The Morgan fingerprint density at radius 3 is 2.29 bits per heavy atom. The van der Waals surface area contributed by atoms with Gasteiger partial charge in [-0.2, -0.15) is 0 Å². The Bertz CT molecular complexity index is 1210. The van der Waals surface area contributed by atoms with E-state index in [4.69, 9.17) is 4.98 Å². The summed E-state index contributed by atoms with van der Waals surface area (Å²) in [5.74, 6) is 0. The van der Waals surface area contributed by atoms with Gasteiger partial charge in [0.25, 0.3) is 0 Å². The minimum atomic E-state index is 0.823. The summed E-state index contributed by atoms with van der Waals surface area (Å²) < 4.78 is 2.97. The van der Waals surface area contributed by atoms with Gasteiger partial charge < -0.3 is 0 Å². The molecule has 0 saturated carbocycles. The number of hydrogen-bond acceptors (Lipinski definition) is 1. The van der Waals surface area contributed by atoms with Crippen molar-refractivity contribution in [1.29, 1.82) is 0 Å². The molecule has 0 aliphatic rings. The van der Waals surface area contributed by atoms with Crippen LogP contribution < -0.4 is 0 Å². The molecule has 5 rings (SSSR count). The minimum absolute atomic E-state index is 0.823. The van der Waals surface area contributed by atoms with E-state index in [9.17, 15) is 0 Å². The largest absolute Gasteiger partial charge is 0.287 e. The molecule has 0 atom stereocenters. The summed E-state index contributed by atoms with van der Waals surface area (Å²) in [4.78, 5) is 4.80. The van der Waals surface area contributed by atoms with Gasteiger partial charge in [0.1, 0.15) is 0 Å². The van der Waals surface area contributed by atoms with Crippen LogP contribution in [0.1, 0.15) is 0 Å². The number of halogens is 1. The predicted octanol–water partition coefficient (Wildman–Crippen LogP) is 6.09. The molecule has 0 amide bonds. The Labute approximate surface area is 147 Å². The van der Waals surface area contributed by atoms with E-state index >= 15 is 0 Å². The molecule has 0 aliphatic carbocycles. The highest BCUT2D eigenvalue weighted by Crippen LogP contribution is 2.33. The molecule has 0 radical (unpaired) electrons. The lowest BCUT2D eigenvalue weighted by molar-refractivity contribution is 1.05. The maximum atomic E-state index is 4.80. The normalized spacial score (nSPS) is 11.5. The average molecular weight is 373 g/mol. The topological polar surface area (TPSA) is 17.8 Å². The van der Waals surface area contributed by atoms with Crippen molar-refractivity contribution in [2.45, 2.75) is 0 Å². The zero-order valence-corrected chi connectivity index (χ0v) is 14.4. The second kappa shape index (κ2) is 5.18. The molecule has 0 N–H and O–H groups in total. The van der Waals surface area contributed by atoms with Crippen molar-refractivity contribution < 1.29 is 0 Å². The van der Waals surface area contributed by atoms with Crippen LogP contribution in [0.3, 0.4) is 0 Å². The van der Waals surface area contributed by atoms with Crippen LogP contribution in [0.25, 0.3) is 38.3 Å². The lowest BCUT2D eigenvalue weighted by atomic mass is 10.0. The van der Waals surface area contributed by atoms with E-state index in [-0.39, 0.29) is 0 Å². The number of imidazole rings is 1. The van der Waals surface area contributed by atoms with Crippen LogP contribution >= 0.6 is 15.9 Å². The Balaban J connectivity index is 1.92. The monoisotopic (exact) mass is 372 g/mol. The molecule has 2 nitrogen and oxygen atoms in total. The lowest BCUT2D eigenvalue weighted by Gasteiger charge is -2.07. The molecular weight excluding hydrogens is 360 g/mol. The smallest absolute Gasteiger partial charge is 0.182 e. The van der Waals surface area contributed by atoms with Crippen molar-refractivity contribution in [2.75, 3.05) is 0 Å². The van der Waals surface area contributed by atoms with E-state index in [1.807, 2.05) is 18.2 Å². The molecule has 5 aromatic rings. The number of fused-ring (bicyclic) bond motifs is 5. The second-order valence-corrected chi connectivity index (χ2v) is 6.58. The van der Waals surface area contributed by atoms with E-state index in [0.29, 0.717) is 0 Å². The fraction of sp³-hybridized carbons (Fsp3) is 0. The summed E-state index contributed by atoms with van der Waals surface area (Å²) in [7, 11) is 0. The maximum absolute atomic E-state index is 4.80. The first kappa shape index (κ1) is 13.8. The summed E-state index contributed by atoms with van der Waals surface area (Å²) >= 11 is 3.63. The van der Waals surface area contributed by atoms with Crippen molar-refractivity contribution in [3.05, 3.63) is 83.6 Å². The Hall–Kier alpha value is -2.65. The number of hydrogen-bond donors (Lipinski definition) is 0. The summed E-state index contributed by atoms with van der Waals surface area (Å²) in [6, 6.07) is 27.5. The fourth-order valence-electron chi connectivity index (χ4n) is 3.42. The zero-order valence-electron chi connectivity index (χ0n) is 12.8. The molecule has 0 aliphatic heterocycles. The van der Waals surface area contributed by atoms with Crippen LogP contribution in [0.4, 0.5) is 0 Å². The fourth-order valence-corrected chi connectivity index (χ4v) is 4.00. The number of nitrogens with zero attached hydrogens (tertiary/aromatic N) is 2. The molecule has 4 aromatic carbocycles. The Kier molecular flexibility index (Phi) is 2.97. The third kappa shape index (κ3) is 1.91. The molecular formula is C21H13BrN2. The van der Waals surface area contributed by atoms with Crippen LogP contribution in [-0.2, 0) is 0 Å².